The van der Waals surface area contributed by atoms with Crippen molar-refractivity contribution in [2.75, 3.05) is 33.4 Å². The van der Waals surface area contributed by atoms with Crippen molar-refractivity contribution < 1.29 is 13.2 Å². The predicted molar refractivity (Wildman–Crippen MR) is 80.3 cm³/mol. The summed E-state index contributed by atoms with van der Waals surface area (Å²) in [7, 11) is -0.891. The van der Waals surface area contributed by atoms with Gasteiger partial charge in [0.05, 0.1) is 5.25 Å². The fraction of sp³-hybridized carbons (Fsp3) is 1.00. The van der Waals surface area contributed by atoms with Crippen LogP contribution in [0.1, 0.15) is 39.5 Å². The van der Waals surface area contributed by atoms with Crippen molar-refractivity contribution in [1.82, 2.24) is 9.21 Å². The second-order valence-electron chi connectivity index (χ2n) is 6.23. The molecule has 0 atom stereocenters. The van der Waals surface area contributed by atoms with Gasteiger partial charge in [-0.05, 0) is 46.6 Å². The van der Waals surface area contributed by atoms with Crippen LogP contribution < -0.4 is 0 Å². The van der Waals surface area contributed by atoms with Crippen LogP contribution in [0.2, 0.25) is 0 Å². The van der Waals surface area contributed by atoms with E-state index in [1.54, 1.807) is 18.2 Å². The second kappa shape index (κ2) is 6.73. The molecule has 118 valence electrons. The number of nitrogens with zero attached hydrogens (tertiary/aromatic N) is 2. The van der Waals surface area contributed by atoms with Crippen LogP contribution in [0.15, 0.2) is 0 Å². The zero-order valence-corrected chi connectivity index (χ0v) is 13.7. The van der Waals surface area contributed by atoms with E-state index < -0.39 is 10.0 Å². The first-order valence-corrected chi connectivity index (χ1v) is 9.22. The molecule has 0 aromatic rings. The molecule has 0 aromatic heterocycles. The number of hydrogen-bond donors (Lipinski definition) is 0. The van der Waals surface area contributed by atoms with Crippen molar-refractivity contribution in [2.45, 2.75) is 56.9 Å². The Labute approximate surface area is 123 Å². The molecule has 6 heteroatoms. The van der Waals surface area contributed by atoms with Gasteiger partial charge in [0.2, 0.25) is 10.0 Å². The minimum absolute atomic E-state index is 0.313. The summed E-state index contributed by atoms with van der Waals surface area (Å²) in [4.78, 5) is 2.46. The van der Waals surface area contributed by atoms with Gasteiger partial charge in [-0.15, -0.1) is 0 Å². The fourth-order valence-electron chi connectivity index (χ4n) is 3.19. The third-order valence-electron chi connectivity index (χ3n) is 4.72. The summed E-state index contributed by atoms with van der Waals surface area (Å²) >= 11 is 0. The van der Waals surface area contributed by atoms with Crippen molar-refractivity contribution in [3.05, 3.63) is 0 Å². The summed E-state index contributed by atoms with van der Waals surface area (Å²) in [5.74, 6) is 0. The van der Waals surface area contributed by atoms with E-state index in [4.69, 9.17) is 4.74 Å². The molecule has 0 aromatic carbocycles. The Morgan fingerprint density at radius 1 is 1.05 bits per heavy atom. The van der Waals surface area contributed by atoms with E-state index in [0.29, 0.717) is 25.2 Å². The first-order chi connectivity index (χ1) is 9.43. The van der Waals surface area contributed by atoms with Gasteiger partial charge in [-0.2, -0.15) is 0 Å². The zero-order valence-electron chi connectivity index (χ0n) is 12.9. The van der Waals surface area contributed by atoms with E-state index in [0.717, 1.165) is 38.9 Å². The maximum Gasteiger partial charge on any atom is 0.216 e. The van der Waals surface area contributed by atoms with E-state index >= 15 is 0 Å². The molecule has 0 radical (unpaired) electrons. The third-order valence-corrected chi connectivity index (χ3v) is 7.00. The Morgan fingerprint density at radius 2 is 1.55 bits per heavy atom. The Bertz CT molecular complexity index is 397. The number of sulfonamides is 1. The fourth-order valence-corrected chi connectivity index (χ4v) is 4.51. The van der Waals surface area contributed by atoms with E-state index in [1.807, 2.05) is 0 Å². The molecule has 2 aliphatic heterocycles. The number of hydrogen-bond acceptors (Lipinski definition) is 4. The Morgan fingerprint density at radius 3 is 2.05 bits per heavy atom. The minimum atomic E-state index is -3.08. The smallest absolute Gasteiger partial charge is 0.216 e. The lowest BCUT2D eigenvalue weighted by Gasteiger charge is -2.41. The number of rotatable bonds is 4. The summed E-state index contributed by atoms with van der Waals surface area (Å²) in [5.41, 5.74) is 0. The van der Waals surface area contributed by atoms with Crippen molar-refractivity contribution in [1.29, 1.82) is 0 Å². The molecule has 2 fully saturated rings. The highest BCUT2D eigenvalue weighted by Gasteiger charge is 2.33. The molecule has 2 heterocycles. The molecule has 0 saturated carbocycles. The van der Waals surface area contributed by atoms with E-state index in [2.05, 4.69) is 11.9 Å². The highest BCUT2D eigenvalue weighted by molar-refractivity contribution is 7.89. The van der Waals surface area contributed by atoms with Crippen LogP contribution in [-0.2, 0) is 14.8 Å². The highest BCUT2D eigenvalue weighted by atomic mass is 32.2. The van der Waals surface area contributed by atoms with Crippen molar-refractivity contribution in [2.24, 2.45) is 0 Å². The standard InChI is InChI=1S/C14H28N2O3S/c1-12(2)20(17,18)16-8-4-13(5-9-16)15(3)14-6-10-19-11-7-14/h12-14H,4-11H2,1-3H3. The van der Waals surface area contributed by atoms with Gasteiger partial charge < -0.3 is 9.64 Å². The average Bonchev–Trinajstić information content (AvgIpc) is 2.47. The van der Waals surface area contributed by atoms with Gasteiger partial charge in [0.15, 0.2) is 0 Å². The molecule has 0 bridgehead atoms. The molecule has 0 unspecified atom stereocenters. The normalized spacial score (nSPS) is 24.6. The molecule has 0 spiro atoms. The van der Waals surface area contributed by atoms with Gasteiger partial charge in [-0.1, -0.05) is 0 Å². The van der Waals surface area contributed by atoms with Gasteiger partial charge in [0.1, 0.15) is 0 Å². The van der Waals surface area contributed by atoms with Crippen LogP contribution in [0.25, 0.3) is 0 Å². The van der Waals surface area contributed by atoms with E-state index in [-0.39, 0.29) is 5.25 Å². The lowest BCUT2D eigenvalue weighted by molar-refractivity contribution is 0.0199. The van der Waals surface area contributed by atoms with Crippen molar-refractivity contribution in [3.8, 4) is 0 Å². The Balaban J connectivity index is 1.87. The molecule has 2 saturated heterocycles. The first-order valence-electron chi connectivity index (χ1n) is 7.71. The molecule has 0 N–H and O–H groups in total. The van der Waals surface area contributed by atoms with Gasteiger partial charge >= 0.3 is 0 Å². The molecule has 5 nitrogen and oxygen atoms in total. The lowest BCUT2D eigenvalue weighted by atomic mass is 10.00. The number of ether oxygens (including phenoxy) is 1. The van der Waals surface area contributed by atoms with Crippen molar-refractivity contribution in [3.63, 3.8) is 0 Å². The van der Waals surface area contributed by atoms with Crippen LogP contribution in [-0.4, -0.2) is 68.3 Å². The topological polar surface area (TPSA) is 49.9 Å². The van der Waals surface area contributed by atoms with Crippen LogP contribution in [0.3, 0.4) is 0 Å². The zero-order chi connectivity index (χ0) is 14.8. The molecule has 20 heavy (non-hydrogen) atoms. The monoisotopic (exact) mass is 304 g/mol. The molecular weight excluding hydrogens is 276 g/mol. The van der Waals surface area contributed by atoms with Crippen LogP contribution in [0, 0.1) is 0 Å². The van der Waals surface area contributed by atoms with Crippen molar-refractivity contribution >= 4 is 10.0 Å². The van der Waals surface area contributed by atoms with Gasteiger partial charge in [-0.25, -0.2) is 12.7 Å². The highest BCUT2D eigenvalue weighted by Crippen LogP contribution is 2.24. The minimum Gasteiger partial charge on any atom is -0.381 e. The SMILES string of the molecule is CC(C)S(=O)(=O)N1CCC(N(C)C2CCOCC2)CC1. The van der Waals surface area contributed by atoms with E-state index in [1.165, 1.54) is 0 Å². The summed E-state index contributed by atoms with van der Waals surface area (Å²) in [6.45, 7) is 6.56. The van der Waals surface area contributed by atoms with Gasteiger partial charge in [0, 0.05) is 38.4 Å². The predicted octanol–water partition coefficient (Wildman–Crippen LogP) is 1.30. The van der Waals surface area contributed by atoms with E-state index in [9.17, 15) is 8.42 Å². The lowest BCUT2D eigenvalue weighted by Crippen LogP contribution is -2.50. The first kappa shape index (κ1) is 16.2. The summed E-state index contributed by atoms with van der Waals surface area (Å²) in [5, 5.41) is -0.313. The summed E-state index contributed by atoms with van der Waals surface area (Å²) in [6, 6.07) is 1.11. The average molecular weight is 304 g/mol. The Kier molecular flexibility index (Phi) is 5.45. The maximum atomic E-state index is 12.2. The molecular formula is C14H28N2O3S. The molecule has 2 rings (SSSR count). The van der Waals surface area contributed by atoms with Crippen LogP contribution >= 0.6 is 0 Å². The third kappa shape index (κ3) is 3.53. The van der Waals surface area contributed by atoms with Crippen LogP contribution in [0.5, 0.6) is 0 Å². The molecule has 0 amide bonds. The summed E-state index contributed by atoms with van der Waals surface area (Å²) < 4.78 is 31.4. The second-order valence-corrected chi connectivity index (χ2v) is 8.72. The Hall–Kier alpha value is -0.170. The van der Waals surface area contributed by atoms with Gasteiger partial charge in [0.25, 0.3) is 0 Å². The summed E-state index contributed by atoms with van der Waals surface area (Å²) in [6.07, 6.45) is 4.08. The largest absolute Gasteiger partial charge is 0.381 e. The number of piperidine rings is 1. The maximum absolute atomic E-state index is 12.2. The molecule has 2 aliphatic rings. The van der Waals surface area contributed by atoms with Crippen LogP contribution in [0.4, 0.5) is 0 Å². The molecule has 0 aliphatic carbocycles. The van der Waals surface area contributed by atoms with Gasteiger partial charge in [-0.3, -0.25) is 0 Å². The quantitative estimate of drug-likeness (QED) is 0.785.